The molecule has 5 nitrogen and oxygen atoms in total. The summed E-state index contributed by atoms with van der Waals surface area (Å²) < 4.78 is 22.9. The molecule has 0 radical (unpaired) electrons. The van der Waals surface area contributed by atoms with Gasteiger partial charge in [-0.15, -0.1) is 0 Å². The molecular weight excluding hydrogens is 252 g/mol. The summed E-state index contributed by atoms with van der Waals surface area (Å²) >= 11 is 0. The predicted molar refractivity (Wildman–Crippen MR) is 66.5 cm³/mol. The first-order chi connectivity index (χ1) is 8.50. The van der Waals surface area contributed by atoms with Crippen LogP contribution in [0.15, 0.2) is 41.4 Å². The van der Waals surface area contributed by atoms with Gasteiger partial charge in [-0.05, 0) is 18.2 Å². The van der Waals surface area contributed by atoms with E-state index in [1.54, 1.807) is 18.2 Å². The molecule has 0 saturated carbocycles. The van der Waals surface area contributed by atoms with E-state index in [1.807, 2.05) is 0 Å². The zero-order valence-corrected chi connectivity index (χ0v) is 10.6. The highest BCUT2D eigenvalue weighted by Gasteiger charge is 2.09. The van der Waals surface area contributed by atoms with Crippen LogP contribution in [0.25, 0.3) is 11.4 Å². The van der Waals surface area contributed by atoms with Crippen molar-refractivity contribution in [3.05, 3.63) is 42.2 Å². The van der Waals surface area contributed by atoms with Crippen molar-refractivity contribution in [1.29, 1.82) is 0 Å². The third-order valence-corrected chi connectivity index (χ3v) is 3.51. The molecule has 0 amide bonds. The van der Waals surface area contributed by atoms with E-state index in [1.165, 1.54) is 18.3 Å². The first-order valence-corrected chi connectivity index (χ1v) is 7.13. The zero-order chi connectivity index (χ0) is 13.2. The van der Waals surface area contributed by atoms with Crippen LogP contribution in [-0.2, 0) is 16.4 Å². The van der Waals surface area contributed by atoms with E-state index in [9.17, 15) is 8.42 Å². The molecule has 0 atom stereocenters. The van der Waals surface area contributed by atoms with Crippen molar-refractivity contribution in [2.45, 2.75) is 11.5 Å². The number of aliphatic hydroxyl groups is 1. The van der Waals surface area contributed by atoms with Crippen LogP contribution in [0.2, 0.25) is 0 Å². The van der Waals surface area contributed by atoms with Crippen molar-refractivity contribution in [3.8, 4) is 11.4 Å². The Morgan fingerprint density at radius 1 is 1.28 bits per heavy atom. The fourth-order valence-corrected chi connectivity index (χ4v) is 2.16. The van der Waals surface area contributed by atoms with Gasteiger partial charge in [-0.25, -0.2) is 18.4 Å². The smallest absolute Gasteiger partial charge is 0.175 e. The van der Waals surface area contributed by atoms with E-state index in [0.717, 1.165) is 6.26 Å². The van der Waals surface area contributed by atoms with Crippen LogP contribution in [0, 0.1) is 0 Å². The minimum Gasteiger partial charge on any atom is -0.390 e. The van der Waals surface area contributed by atoms with Gasteiger partial charge in [-0.3, -0.25) is 0 Å². The quantitative estimate of drug-likeness (QED) is 0.896. The number of rotatable bonds is 3. The maximum atomic E-state index is 11.5. The number of sulfone groups is 1. The number of nitrogens with zero attached hydrogens (tertiary/aromatic N) is 2. The van der Waals surface area contributed by atoms with E-state index >= 15 is 0 Å². The molecule has 0 aliphatic rings. The summed E-state index contributed by atoms with van der Waals surface area (Å²) in [5.74, 6) is 0.395. The molecule has 2 rings (SSSR count). The van der Waals surface area contributed by atoms with Crippen LogP contribution in [0.3, 0.4) is 0 Å². The van der Waals surface area contributed by atoms with Gasteiger partial charge < -0.3 is 5.11 Å². The molecule has 1 N–H and O–H groups in total. The SMILES string of the molecule is CS(=O)(=O)c1cccc(-c2nccc(CO)n2)c1. The number of benzene rings is 1. The third kappa shape index (κ3) is 2.72. The minimum atomic E-state index is -3.25. The van der Waals surface area contributed by atoms with Crippen LogP contribution in [0.1, 0.15) is 5.69 Å². The number of aliphatic hydroxyl groups excluding tert-OH is 1. The second kappa shape index (κ2) is 4.83. The minimum absolute atomic E-state index is 0.179. The van der Waals surface area contributed by atoms with Gasteiger partial charge in [0.1, 0.15) is 0 Å². The molecular formula is C12H12N2O3S. The van der Waals surface area contributed by atoms with Crippen LogP contribution < -0.4 is 0 Å². The molecule has 18 heavy (non-hydrogen) atoms. The van der Waals surface area contributed by atoms with Gasteiger partial charge >= 0.3 is 0 Å². The summed E-state index contributed by atoms with van der Waals surface area (Å²) in [6.07, 6.45) is 2.68. The molecule has 94 valence electrons. The Bertz CT molecular complexity index is 669. The largest absolute Gasteiger partial charge is 0.390 e. The monoisotopic (exact) mass is 264 g/mol. The lowest BCUT2D eigenvalue weighted by atomic mass is 10.2. The van der Waals surface area contributed by atoms with Crippen LogP contribution in [0.4, 0.5) is 0 Å². The molecule has 1 aromatic carbocycles. The summed E-state index contributed by atoms with van der Waals surface area (Å²) in [4.78, 5) is 8.41. The van der Waals surface area contributed by atoms with Crippen molar-refractivity contribution < 1.29 is 13.5 Å². The second-order valence-corrected chi connectivity index (χ2v) is 5.85. The fraction of sp³-hybridized carbons (Fsp3) is 0.167. The molecule has 6 heteroatoms. The molecule has 0 spiro atoms. The van der Waals surface area contributed by atoms with Crippen molar-refractivity contribution in [3.63, 3.8) is 0 Å². The zero-order valence-electron chi connectivity index (χ0n) is 9.74. The number of hydrogen-bond donors (Lipinski definition) is 1. The lowest BCUT2D eigenvalue weighted by Gasteiger charge is -2.04. The highest BCUT2D eigenvalue weighted by molar-refractivity contribution is 7.90. The lowest BCUT2D eigenvalue weighted by molar-refractivity contribution is 0.277. The van der Waals surface area contributed by atoms with E-state index in [2.05, 4.69) is 9.97 Å². The molecule has 0 fully saturated rings. The Hall–Kier alpha value is -1.79. The van der Waals surface area contributed by atoms with Crippen molar-refractivity contribution >= 4 is 9.84 Å². The molecule has 0 aliphatic heterocycles. The van der Waals surface area contributed by atoms with Crippen molar-refractivity contribution in [2.75, 3.05) is 6.26 Å². The summed E-state index contributed by atoms with van der Waals surface area (Å²) in [7, 11) is -3.25. The predicted octanol–water partition coefficient (Wildman–Crippen LogP) is 1.04. The Morgan fingerprint density at radius 2 is 2.06 bits per heavy atom. The fourth-order valence-electron chi connectivity index (χ4n) is 1.49. The Morgan fingerprint density at radius 3 is 2.72 bits per heavy atom. The lowest BCUT2D eigenvalue weighted by Crippen LogP contribution is -1.99. The normalized spacial score (nSPS) is 11.4. The molecule has 0 saturated heterocycles. The third-order valence-electron chi connectivity index (χ3n) is 2.40. The summed E-state index contributed by atoms with van der Waals surface area (Å²) in [6, 6.07) is 8.01. The van der Waals surface area contributed by atoms with Gasteiger partial charge in [0.15, 0.2) is 15.7 Å². The summed E-state index contributed by atoms with van der Waals surface area (Å²) in [5, 5.41) is 9.01. The molecule has 2 aromatic rings. The van der Waals surface area contributed by atoms with Gasteiger partial charge in [-0.1, -0.05) is 12.1 Å². The Balaban J connectivity index is 2.51. The number of hydrogen-bond acceptors (Lipinski definition) is 5. The van der Waals surface area contributed by atoms with Crippen molar-refractivity contribution in [1.82, 2.24) is 9.97 Å². The van der Waals surface area contributed by atoms with Gasteiger partial charge in [0.05, 0.1) is 17.2 Å². The topological polar surface area (TPSA) is 80.2 Å². The summed E-state index contributed by atoms with van der Waals surface area (Å²) in [6.45, 7) is -0.179. The van der Waals surface area contributed by atoms with Crippen LogP contribution in [-0.4, -0.2) is 29.7 Å². The maximum Gasteiger partial charge on any atom is 0.175 e. The van der Waals surface area contributed by atoms with E-state index in [4.69, 9.17) is 5.11 Å². The van der Waals surface area contributed by atoms with Gasteiger partial charge in [0.2, 0.25) is 0 Å². The van der Waals surface area contributed by atoms with E-state index in [0.29, 0.717) is 17.1 Å². The standard InChI is InChI=1S/C12H12N2O3S/c1-18(16,17)11-4-2-3-9(7-11)12-13-6-5-10(8-15)14-12/h2-7,15H,8H2,1H3. The van der Waals surface area contributed by atoms with Crippen LogP contribution in [0.5, 0.6) is 0 Å². The molecule has 1 heterocycles. The highest BCUT2D eigenvalue weighted by atomic mass is 32.2. The Kier molecular flexibility index (Phi) is 3.40. The molecule has 0 bridgehead atoms. The second-order valence-electron chi connectivity index (χ2n) is 3.83. The summed E-state index contributed by atoms with van der Waals surface area (Å²) in [5.41, 5.74) is 1.10. The van der Waals surface area contributed by atoms with E-state index < -0.39 is 9.84 Å². The first kappa shape index (κ1) is 12.7. The first-order valence-electron chi connectivity index (χ1n) is 5.24. The molecule has 0 unspecified atom stereocenters. The Labute approximate surface area is 105 Å². The highest BCUT2D eigenvalue weighted by Crippen LogP contribution is 2.19. The average Bonchev–Trinajstić information content (AvgIpc) is 2.38. The average molecular weight is 264 g/mol. The van der Waals surface area contributed by atoms with Gasteiger partial charge in [-0.2, -0.15) is 0 Å². The molecule has 0 aliphatic carbocycles. The number of aromatic nitrogens is 2. The van der Waals surface area contributed by atoms with Gasteiger partial charge in [0.25, 0.3) is 0 Å². The molecule has 1 aromatic heterocycles. The van der Waals surface area contributed by atoms with Crippen LogP contribution >= 0.6 is 0 Å². The van der Waals surface area contributed by atoms with E-state index in [-0.39, 0.29) is 11.5 Å². The van der Waals surface area contributed by atoms with Crippen molar-refractivity contribution in [2.24, 2.45) is 0 Å². The van der Waals surface area contributed by atoms with Gasteiger partial charge in [0, 0.05) is 18.0 Å². The maximum absolute atomic E-state index is 11.5.